The second-order valence-electron chi connectivity index (χ2n) is 8.18. The number of anilines is 1. The maximum Gasteiger partial charge on any atom is 0.410 e. The van der Waals surface area contributed by atoms with Crippen LogP contribution in [0.1, 0.15) is 33.2 Å². The Balaban J connectivity index is 1.65. The van der Waals surface area contributed by atoms with Crippen molar-refractivity contribution in [3.05, 3.63) is 42.7 Å². The van der Waals surface area contributed by atoms with Crippen molar-refractivity contribution in [1.82, 2.24) is 19.7 Å². The molecule has 1 aliphatic heterocycles. The molecule has 0 aliphatic carbocycles. The fourth-order valence-corrected chi connectivity index (χ4v) is 3.55. The van der Waals surface area contributed by atoms with Crippen LogP contribution in [-0.2, 0) is 4.74 Å². The van der Waals surface area contributed by atoms with Gasteiger partial charge in [-0.1, -0.05) is 12.1 Å². The second-order valence-corrected chi connectivity index (χ2v) is 8.18. The van der Waals surface area contributed by atoms with Gasteiger partial charge in [0.25, 0.3) is 0 Å². The van der Waals surface area contributed by atoms with E-state index in [1.807, 2.05) is 62.0 Å². The zero-order valence-corrected chi connectivity index (χ0v) is 16.4. The number of fused-ring (bicyclic) bond motifs is 1. The molecule has 1 fully saturated rings. The molecule has 7 heteroatoms. The summed E-state index contributed by atoms with van der Waals surface area (Å²) < 4.78 is 7.54. The molecule has 1 amide bonds. The number of nitrogen functional groups attached to an aromatic ring is 1. The fourth-order valence-electron chi connectivity index (χ4n) is 3.55. The van der Waals surface area contributed by atoms with Gasteiger partial charge in [-0.2, -0.15) is 5.10 Å². The van der Waals surface area contributed by atoms with Crippen molar-refractivity contribution >= 4 is 22.7 Å². The van der Waals surface area contributed by atoms with Crippen LogP contribution in [0.4, 0.5) is 10.5 Å². The van der Waals surface area contributed by atoms with Gasteiger partial charge in [-0.15, -0.1) is 0 Å². The van der Waals surface area contributed by atoms with E-state index in [0.717, 1.165) is 34.3 Å². The summed E-state index contributed by atoms with van der Waals surface area (Å²) in [4.78, 5) is 18.4. The van der Waals surface area contributed by atoms with Gasteiger partial charge in [-0.05, 0) is 45.4 Å². The lowest BCUT2D eigenvalue weighted by Crippen LogP contribution is -2.35. The summed E-state index contributed by atoms with van der Waals surface area (Å²) in [6, 6.07) is 9.75. The molecular formula is C21H25N5O2. The summed E-state index contributed by atoms with van der Waals surface area (Å²) in [7, 11) is 0. The summed E-state index contributed by atoms with van der Waals surface area (Å²) in [6.45, 7) is 6.88. The van der Waals surface area contributed by atoms with E-state index in [1.165, 1.54) is 0 Å². The number of benzene rings is 1. The van der Waals surface area contributed by atoms with E-state index in [-0.39, 0.29) is 12.1 Å². The first-order valence-electron chi connectivity index (χ1n) is 9.48. The summed E-state index contributed by atoms with van der Waals surface area (Å²) in [5, 5.41) is 5.89. The molecule has 146 valence electrons. The van der Waals surface area contributed by atoms with Crippen molar-refractivity contribution in [3.63, 3.8) is 0 Å². The van der Waals surface area contributed by atoms with Gasteiger partial charge < -0.3 is 15.4 Å². The van der Waals surface area contributed by atoms with Crippen LogP contribution in [-0.4, -0.2) is 44.4 Å². The Morgan fingerprint density at radius 3 is 2.68 bits per heavy atom. The summed E-state index contributed by atoms with van der Waals surface area (Å²) >= 11 is 0. The Bertz CT molecular complexity index is 1000. The van der Waals surface area contributed by atoms with Crippen LogP contribution in [0, 0.1) is 0 Å². The highest BCUT2D eigenvalue weighted by Crippen LogP contribution is 2.32. The minimum atomic E-state index is -0.498. The number of pyridine rings is 1. The third-order valence-electron chi connectivity index (χ3n) is 4.85. The number of ether oxygens (including phenoxy) is 1. The highest BCUT2D eigenvalue weighted by Gasteiger charge is 2.32. The largest absolute Gasteiger partial charge is 0.444 e. The van der Waals surface area contributed by atoms with Crippen LogP contribution in [0.3, 0.4) is 0 Å². The third-order valence-corrected chi connectivity index (χ3v) is 4.85. The minimum absolute atomic E-state index is 0.0972. The molecule has 1 saturated heterocycles. The zero-order chi connectivity index (χ0) is 19.9. The summed E-state index contributed by atoms with van der Waals surface area (Å²) in [5.41, 5.74) is 8.92. The van der Waals surface area contributed by atoms with E-state index in [0.29, 0.717) is 13.1 Å². The van der Waals surface area contributed by atoms with Gasteiger partial charge in [0, 0.05) is 42.1 Å². The van der Waals surface area contributed by atoms with Crippen molar-refractivity contribution in [1.29, 1.82) is 0 Å². The van der Waals surface area contributed by atoms with Crippen LogP contribution in [0.15, 0.2) is 42.7 Å². The van der Waals surface area contributed by atoms with E-state index in [1.54, 1.807) is 11.1 Å². The Morgan fingerprint density at radius 1 is 1.21 bits per heavy atom. The molecule has 0 bridgehead atoms. The predicted molar refractivity (Wildman–Crippen MR) is 109 cm³/mol. The van der Waals surface area contributed by atoms with Gasteiger partial charge in [-0.3, -0.25) is 9.67 Å². The topological polar surface area (TPSA) is 86.3 Å². The molecule has 4 rings (SSSR count). The molecule has 1 aliphatic rings. The molecule has 2 N–H and O–H groups in total. The highest BCUT2D eigenvalue weighted by atomic mass is 16.6. The number of aromatic nitrogens is 3. The number of carbonyl (C=O) groups is 1. The molecule has 28 heavy (non-hydrogen) atoms. The smallest absolute Gasteiger partial charge is 0.410 e. The number of nitrogens with two attached hydrogens (primary N) is 1. The van der Waals surface area contributed by atoms with Gasteiger partial charge in [0.05, 0.1) is 11.6 Å². The van der Waals surface area contributed by atoms with Gasteiger partial charge >= 0.3 is 6.09 Å². The minimum Gasteiger partial charge on any atom is -0.444 e. The molecule has 3 heterocycles. The molecule has 3 aromatic rings. The first kappa shape index (κ1) is 18.3. The number of likely N-dealkylation sites (tertiary alicyclic amines) is 1. The molecule has 2 aromatic heterocycles. The van der Waals surface area contributed by atoms with E-state index >= 15 is 0 Å². The van der Waals surface area contributed by atoms with Crippen molar-refractivity contribution < 1.29 is 9.53 Å². The van der Waals surface area contributed by atoms with Crippen LogP contribution in [0.2, 0.25) is 0 Å². The summed E-state index contributed by atoms with van der Waals surface area (Å²) in [6.07, 6.45) is 4.17. The standard InChI is InChI=1S/C21H25N5O2/c1-21(2,3)28-20(27)25-11-9-16(13-25)26-18-8-10-23-12-17(18)19(24-26)14-4-6-15(22)7-5-14/h4-8,10,12,16H,9,11,13,22H2,1-3H3. The van der Waals surface area contributed by atoms with Crippen molar-refractivity contribution in [2.75, 3.05) is 18.8 Å². The number of amides is 1. The quantitative estimate of drug-likeness (QED) is 0.683. The number of rotatable bonds is 2. The average molecular weight is 379 g/mol. The number of hydrogen-bond donors (Lipinski definition) is 1. The van der Waals surface area contributed by atoms with Crippen LogP contribution in [0.25, 0.3) is 22.2 Å². The zero-order valence-electron chi connectivity index (χ0n) is 16.4. The third kappa shape index (κ3) is 3.52. The Hall–Kier alpha value is -3.09. The first-order chi connectivity index (χ1) is 13.3. The number of nitrogens with zero attached hydrogens (tertiary/aromatic N) is 4. The lowest BCUT2D eigenvalue weighted by molar-refractivity contribution is 0.0288. The second kappa shape index (κ2) is 6.82. The SMILES string of the molecule is CC(C)(C)OC(=O)N1CCC(n2nc(-c3ccc(N)cc3)c3cnccc32)C1. The maximum atomic E-state index is 12.4. The van der Waals surface area contributed by atoms with Crippen molar-refractivity contribution in [3.8, 4) is 11.3 Å². The fraction of sp³-hybridized carbons (Fsp3) is 0.381. The Kier molecular flexibility index (Phi) is 4.45. The molecule has 0 spiro atoms. The molecule has 1 atom stereocenters. The van der Waals surface area contributed by atoms with Crippen molar-refractivity contribution in [2.45, 2.75) is 38.8 Å². The van der Waals surface area contributed by atoms with E-state index in [9.17, 15) is 4.79 Å². The lowest BCUT2D eigenvalue weighted by atomic mass is 10.1. The Morgan fingerprint density at radius 2 is 1.96 bits per heavy atom. The average Bonchev–Trinajstić information content (AvgIpc) is 3.26. The summed E-state index contributed by atoms with van der Waals surface area (Å²) in [5.74, 6) is 0. The van der Waals surface area contributed by atoms with Gasteiger partial charge in [-0.25, -0.2) is 4.79 Å². The molecule has 7 nitrogen and oxygen atoms in total. The highest BCUT2D eigenvalue weighted by molar-refractivity contribution is 5.92. The molecule has 1 unspecified atom stereocenters. The van der Waals surface area contributed by atoms with E-state index < -0.39 is 5.60 Å². The normalized spacial score (nSPS) is 17.2. The monoisotopic (exact) mass is 379 g/mol. The van der Waals surface area contributed by atoms with Gasteiger partial charge in [0.15, 0.2) is 0 Å². The molecule has 0 saturated carbocycles. The van der Waals surface area contributed by atoms with E-state index in [4.69, 9.17) is 15.6 Å². The van der Waals surface area contributed by atoms with Crippen LogP contribution >= 0.6 is 0 Å². The Labute approximate surface area is 164 Å². The number of carbonyl (C=O) groups excluding carboxylic acids is 1. The molecular weight excluding hydrogens is 354 g/mol. The van der Waals surface area contributed by atoms with Crippen molar-refractivity contribution in [2.24, 2.45) is 0 Å². The van der Waals surface area contributed by atoms with Crippen LogP contribution in [0.5, 0.6) is 0 Å². The maximum absolute atomic E-state index is 12.4. The molecule has 1 aromatic carbocycles. The lowest BCUT2D eigenvalue weighted by Gasteiger charge is -2.24. The van der Waals surface area contributed by atoms with Gasteiger partial charge in [0.1, 0.15) is 11.3 Å². The number of hydrogen-bond acceptors (Lipinski definition) is 5. The first-order valence-corrected chi connectivity index (χ1v) is 9.48. The van der Waals surface area contributed by atoms with Crippen LogP contribution < -0.4 is 5.73 Å². The predicted octanol–water partition coefficient (Wildman–Crippen LogP) is 3.86. The van der Waals surface area contributed by atoms with E-state index in [2.05, 4.69) is 4.98 Å². The van der Waals surface area contributed by atoms with Gasteiger partial charge in [0.2, 0.25) is 0 Å². The molecule has 0 radical (unpaired) electrons.